The molecule has 1 amide bonds. The van der Waals surface area contributed by atoms with Gasteiger partial charge in [-0.05, 0) is 15.9 Å². The van der Waals surface area contributed by atoms with Crippen LogP contribution in [0.15, 0.2) is 16.7 Å². The number of hydrogen-bond donors (Lipinski definition) is 0. The number of pyridine rings is 1. The van der Waals surface area contributed by atoms with Gasteiger partial charge >= 0.3 is 16.3 Å². The first-order valence-electron chi connectivity index (χ1n) is 6.45. The second-order valence-corrected chi connectivity index (χ2v) is 7.52. The molecule has 0 unspecified atom stereocenters. The van der Waals surface area contributed by atoms with Crippen LogP contribution in [0.3, 0.4) is 0 Å². The summed E-state index contributed by atoms with van der Waals surface area (Å²) >= 11 is 3.09. The first kappa shape index (κ1) is 18.4. The molecule has 1 aromatic heterocycles. The van der Waals surface area contributed by atoms with Gasteiger partial charge in [0.1, 0.15) is 18.8 Å². The highest BCUT2D eigenvalue weighted by molar-refractivity contribution is 9.10. The van der Waals surface area contributed by atoms with E-state index in [1.807, 2.05) is 0 Å². The average molecular weight is 425 g/mol. The Bertz CT molecular complexity index is 772. The zero-order valence-electron chi connectivity index (χ0n) is 12.6. The molecule has 0 saturated carbocycles. The minimum Gasteiger partial charge on any atom is -0.475 e. The molecule has 11 nitrogen and oxygen atoms in total. The first-order chi connectivity index (χ1) is 11.2. The summed E-state index contributed by atoms with van der Waals surface area (Å²) in [6.07, 6.45) is -0.0148. The maximum Gasteiger partial charge on any atom is 0.424 e. The predicted octanol–water partition coefficient (Wildman–Crippen LogP) is 0.758. The van der Waals surface area contributed by atoms with Gasteiger partial charge in [-0.1, -0.05) is 0 Å². The molecule has 2 heterocycles. The van der Waals surface area contributed by atoms with E-state index in [2.05, 4.69) is 25.7 Å². The van der Waals surface area contributed by atoms with Gasteiger partial charge in [-0.25, -0.2) is 9.78 Å². The lowest BCUT2D eigenvalue weighted by atomic mass is 10.3. The maximum atomic E-state index is 12.1. The van der Waals surface area contributed by atoms with Crippen molar-refractivity contribution in [2.24, 2.45) is 0 Å². The fourth-order valence-corrected chi connectivity index (χ4v) is 3.93. The Labute approximate surface area is 145 Å². The molecule has 24 heavy (non-hydrogen) atoms. The van der Waals surface area contributed by atoms with Crippen molar-refractivity contribution in [2.45, 2.75) is 6.04 Å². The normalized spacial score (nSPS) is 20.0. The molecule has 1 aliphatic heterocycles. The molecule has 1 fully saturated rings. The van der Waals surface area contributed by atoms with Crippen molar-refractivity contribution in [1.82, 2.24) is 13.6 Å². The van der Waals surface area contributed by atoms with Crippen LogP contribution in [0.25, 0.3) is 0 Å². The molecule has 0 aliphatic carbocycles. The summed E-state index contributed by atoms with van der Waals surface area (Å²) in [6.45, 7) is -0.176. The lowest BCUT2D eigenvalue weighted by Crippen LogP contribution is -2.42. The Morgan fingerprint density at radius 2 is 2.25 bits per heavy atom. The molecular weight excluding hydrogens is 412 g/mol. The molecule has 0 N–H and O–H groups in total. The number of likely N-dealkylation sites (N-methyl/N-ethyl adjacent to an activating group) is 1. The lowest BCUT2D eigenvalue weighted by molar-refractivity contribution is -0.385. The maximum absolute atomic E-state index is 12.1. The van der Waals surface area contributed by atoms with E-state index in [1.54, 1.807) is 0 Å². The third kappa shape index (κ3) is 3.42. The van der Waals surface area contributed by atoms with E-state index in [9.17, 15) is 23.3 Å². The van der Waals surface area contributed by atoms with Crippen LogP contribution < -0.4 is 4.74 Å². The fraction of sp³-hybridized carbons (Fsp3) is 0.455. The topological polar surface area (TPSA) is 132 Å². The summed E-state index contributed by atoms with van der Waals surface area (Å²) in [4.78, 5) is 25.6. The largest absolute Gasteiger partial charge is 0.475 e. The minimum atomic E-state index is -3.97. The van der Waals surface area contributed by atoms with Crippen molar-refractivity contribution in [2.75, 3.05) is 27.3 Å². The number of ether oxygens (including phenoxy) is 2. The van der Waals surface area contributed by atoms with Gasteiger partial charge < -0.3 is 9.47 Å². The van der Waals surface area contributed by atoms with Crippen LogP contribution in [0, 0.1) is 10.1 Å². The lowest BCUT2D eigenvalue weighted by Gasteiger charge is -2.20. The monoisotopic (exact) mass is 424 g/mol. The number of nitro groups is 1. The van der Waals surface area contributed by atoms with Crippen molar-refractivity contribution in [3.05, 3.63) is 26.9 Å². The van der Waals surface area contributed by atoms with E-state index in [1.165, 1.54) is 13.1 Å². The van der Waals surface area contributed by atoms with Crippen molar-refractivity contribution in [3.8, 4) is 5.88 Å². The summed E-state index contributed by atoms with van der Waals surface area (Å²) in [7, 11) is -1.57. The van der Waals surface area contributed by atoms with Gasteiger partial charge in [0.25, 0.3) is 5.69 Å². The Kier molecular flexibility index (Phi) is 5.25. The smallest absolute Gasteiger partial charge is 0.424 e. The Morgan fingerprint density at radius 1 is 1.58 bits per heavy atom. The second kappa shape index (κ2) is 6.86. The van der Waals surface area contributed by atoms with Crippen molar-refractivity contribution in [3.63, 3.8) is 0 Å². The molecule has 1 atom stereocenters. The van der Waals surface area contributed by atoms with Crippen LogP contribution in [0.5, 0.6) is 5.88 Å². The van der Waals surface area contributed by atoms with E-state index in [4.69, 9.17) is 4.74 Å². The number of rotatable bonds is 4. The number of carbonyl (C=O) groups is 1. The van der Waals surface area contributed by atoms with Gasteiger partial charge in [-0.2, -0.15) is 17.0 Å². The Morgan fingerprint density at radius 3 is 2.79 bits per heavy atom. The Balaban J connectivity index is 2.16. The van der Waals surface area contributed by atoms with Crippen molar-refractivity contribution < 1.29 is 27.6 Å². The summed E-state index contributed by atoms with van der Waals surface area (Å²) < 4.78 is 35.9. The second-order valence-electron chi connectivity index (χ2n) is 4.76. The average Bonchev–Trinajstić information content (AvgIpc) is 2.74. The molecule has 0 bridgehead atoms. The van der Waals surface area contributed by atoms with E-state index < -0.39 is 27.3 Å². The molecule has 0 aromatic carbocycles. The third-order valence-corrected chi connectivity index (χ3v) is 5.66. The van der Waals surface area contributed by atoms with Gasteiger partial charge in [0.15, 0.2) is 0 Å². The SMILES string of the molecule is COC(=O)N1[C@H](COc2ncc([N+](=O)[O-])cc2Br)CN(C)S1(=O)=O. The molecule has 0 radical (unpaired) electrons. The molecular formula is C11H13BrN4O7S. The number of carbonyl (C=O) groups excluding carboxylic acids is 1. The molecule has 1 saturated heterocycles. The number of amides is 1. The van der Waals surface area contributed by atoms with Crippen LogP contribution in [0.4, 0.5) is 10.5 Å². The van der Waals surface area contributed by atoms with E-state index >= 15 is 0 Å². The number of methoxy groups -OCH3 is 1. The van der Waals surface area contributed by atoms with Crippen LogP contribution >= 0.6 is 15.9 Å². The molecule has 13 heteroatoms. The first-order valence-corrected chi connectivity index (χ1v) is 8.64. The number of hydrogen-bond acceptors (Lipinski definition) is 8. The van der Waals surface area contributed by atoms with Crippen LogP contribution in [-0.2, 0) is 14.9 Å². The van der Waals surface area contributed by atoms with Crippen LogP contribution in [0.1, 0.15) is 0 Å². The van der Waals surface area contributed by atoms with E-state index in [-0.39, 0.29) is 29.2 Å². The zero-order chi connectivity index (χ0) is 18.1. The summed E-state index contributed by atoms with van der Waals surface area (Å²) in [5.74, 6) is 0.0392. The highest BCUT2D eigenvalue weighted by Gasteiger charge is 2.46. The number of nitrogens with zero attached hydrogens (tertiary/aromatic N) is 4. The number of halogens is 1. The molecule has 1 aromatic rings. The van der Waals surface area contributed by atoms with Crippen molar-refractivity contribution >= 4 is 37.9 Å². The van der Waals surface area contributed by atoms with Gasteiger partial charge in [-0.15, -0.1) is 0 Å². The summed E-state index contributed by atoms with van der Waals surface area (Å²) in [5, 5.41) is 10.7. The van der Waals surface area contributed by atoms with Crippen LogP contribution in [-0.4, -0.2) is 66.4 Å². The quantitative estimate of drug-likeness (QED) is 0.510. The molecule has 132 valence electrons. The molecule has 0 spiro atoms. The van der Waals surface area contributed by atoms with Gasteiger partial charge in [0.2, 0.25) is 5.88 Å². The third-order valence-electron chi connectivity index (χ3n) is 3.21. The van der Waals surface area contributed by atoms with Crippen LogP contribution in [0.2, 0.25) is 0 Å². The zero-order valence-corrected chi connectivity index (χ0v) is 15.0. The highest BCUT2D eigenvalue weighted by atomic mass is 79.9. The highest BCUT2D eigenvalue weighted by Crippen LogP contribution is 2.28. The summed E-state index contributed by atoms with van der Waals surface area (Å²) in [6, 6.07) is 0.383. The Hall–Kier alpha value is -1.99. The van der Waals surface area contributed by atoms with E-state index in [0.717, 1.165) is 17.6 Å². The summed E-state index contributed by atoms with van der Waals surface area (Å²) in [5.41, 5.74) is -0.228. The standard InChI is InChI=1S/C11H13BrN4O7S/c1-14-5-8(15(11(17)22-2)24(14,20)21)6-23-10-9(12)3-7(4-13-10)16(18)19/h3-4,8H,5-6H2,1-2H3/t8-/m0/s1. The molecule has 1 aliphatic rings. The van der Waals surface area contributed by atoms with Gasteiger partial charge in [-0.3, -0.25) is 10.1 Å². The van der Waals surface area contributed by atoms with Gasteiger partial charge in [0, 0.05) is 19.7 Å². The fourth-order valence-electron chi connectivity index (χ4n) is 2.05. The van der Waals surface area contributed by atoms with Gasteiger partial charge in [0.05, 0.1) is 16.5 Å². The van der Waals surface area contributed by atoms with E-state index in [0.29, 0.717) is 4.31 Å². The number of aromatic nitrogens is 1. The minimum absolute atomic E-state index is 0.0159. The van der Waals surface area contributed by atoms with Crippen molar-refractivity contribution in [1.29, 1.82) is 0 Å². The predicted molar refractivity (Wildman–Crippen MR) is 83.7 cm³/mol. The molecule has 2 rings (SSSR count).